The first-order valence-corrected chi connectivity index (χ1v) is 20.4. The summed E-state index contributed by atoms with van der Waals surface area (Å²) in [7, 11) is 2.19. The van der Waals surface area contributed by atoms with Gasteiger partial charge in [-0.15, -0.1) is 0 Å². The van der Waals surface area contributed by atoms with Crippen molar-refractivity contribution in [1.82, 2.24) is 30.1 Å². The lowest BCUT2D eigenvalue weighted by molar-refractivity contribution is 0.303. The van der Waals surface area contributed by atoms with Gasteiger partial charge in [-0.05, 0) is 117 Å². The van der Waals surface area contributed by atoms with Crippen molar-refractivity contribution >= 4 is 17.1 Å². The molecule has 6 rings (SSSR count). The summed E-state index contributed by atoms with van der Waals surface area (Å²) in [6, 6.07) is 26.2. The summed E-state index contributed by atoms with van der Waals surface area (Å²) in [5.74, 6) is 3.36. The highest BCUT2D eigenvalue weighted by molar-refractivity contribution is 5.70. The van der Waals surface area contributed by atoms with Crippen molar-refractivity contribution in [3.63, 3.8) is 0 Å². The number of likely N-dealkylation sites (N-methyl/N-ethyl adjacent to an activating group) is 1. The summed E-state index contributed by atoms with van der Waals surface area (Å²) < 4.78 is 0. The first kappa shape index (κ1) is 39.8. The van der Waals surface area contributed by atoms with Crippen molar-refractivity contribution in [2.75, 3.05) is 93.7 Å². The third kappa shape index (κ3) is 10.9. The van der Waals surface area contributed by atoms with E-state index in [-0.39, 0.29) is 0 Å². The molecular formula is C46H63N9. The van der Waals surface area contributed by atoms with E-state index in [1.54, 1.807) is 6.20 Å². The normalized spacial score (nSPS) is 15.1. The number of rotatable bonds is 17. The number of aromatic nitrogens is 3. The molecule has 55 heavy (non-hydrogen) atoms. The van der Waals surface area contributed by atoms with Gasteiger partial charge in [-0.2, -0.15) is 0 Å². The Balaban J connectivity index is 1.26. The van der Waals surface area contributed by atoms with Crippen molar-refractivity contribution < 1.29 is 0 Å². The Morgan fingerprint density at radius 2 is 1.15 bits per heavy atom. The van der Waals surface area contributed by atoms with Crippen LogP contribution in [0.25, 0.3) is 34.2 Å². The maximum atomic E-state index is 5.10. The molecular weight excluding hydrogens is 679 g/mol. The molecule has 2 fully saturated rings. The molecule has 1 aromatic heterocycles. The summed E-state index contributed by atoms with van der Waals surface area (Å²) in [6.45, 7) is 28.3. The fourth-order valence-electron chi connectivity index (χ4n) is 7.54. The molecule has 0 radical (unpaired) electrons. The number of benzene rings is 3. The van der Waals surface area contributed by atoms with Gasteiger partial charge in [0.05, 0.1) is 0 Å². The zero-order valence-electron chi connectivity index (χ0n) is 34.1. The number of piperazine rings is 2. The highest BCUT2D eigenvalue weighted by Gasteiger charge is 2.20. The zero-order valence-corrected chi connectivity index (χ0v) is 34.1. The van der Waals surface area contributed by atoms with Gasteiger partial charge in [-0.25, -0.2) is 15.0 Å². The molecule has 2 aliphatic rings. The monoisotopic (exact) mass is 742 g/mol. The standard InChI is InChI=1S/C46H63N9/c1-8-47-23-25-53(24-9-10-35(2)3)41-17-11-38(12-18-41)44-48-45(39-13-19-42(20-14-39)54-28-26-51(7)27-29-54)50-46(49-44)40-15-21-43(22-16-40)55-32-30-52(31-33-55)37(6)34-36(4)5/h8,11-22,35-36,47H,1,6,9-10,23-34H2,2-5,7H3. The molecule has 3 heterocycles. The summed E-state index contributed by atoms with van der Waals surface area (Å²) in [6.07, 6.45) is 5.19. The largest absolute Gasteiger partial charge is 0.390 e. The van der Waals surface area contributed by atoms with Crippen LogP contribution >= 0.6 is 0 Å². The first-order chi connectivity index (χ1) is 26.7. The van der Waals surface area contributed by atoms with Crippen molar-refractivity contribution in [2.45, 2.75) is 47.0 Å². The third-order valence-corrected chi connectivity index (χ3v) is 10.9. The lowest BCUT2D eigenvalue weighted by Gasteiger charge is -2.38. The Morgan fingerprint density at radius 3 is 1.60 bits per heavy atom. The number of hydrogen-bond donors (Lipinski definition) is 1. The second kappa shape index (κ2) is 19.1. The van der Waals surface area contributed by atoms with Crippen molar-refractivity contribution in [2.24, 2.45) is 11.8 Å². The summed E-state index contributed by atoms with van der Waals surface area (Å²) in [4.78, 5) is 27.5. The van der Waals surface area contributed by atoms with Crippen LogP contribution < -0.4 is 20.0 Å². The van der Waals surface area contributed by atoms with Crippen LogP contribution in [0, 0.1) is 11.8 Å². The van der Waals surface area contributed by atoms with E-state index in [9.17, 15) is 0 Å². The molecule has 3 aromatic carbocycles. The van der Waals surface area contributed by atoms with Gasteiger partial charge in [-0.3, -0.25) is 0 Å². The zero-order chi connectivity index (χ0) is 38.7. The molecule has 0 spiro atoms. The maximum Gasteiger partial charge on any atom is 0.164 e. The van der Waals surface area contributed by atoms with E-state index in [1.165, 1.54) is 29.2 Å². The van der Waals surface area contributed by atoms with E-state index in [0.29, 0.717) is 29.3 Å². The maximum absolute atomic E-state index is 5.10. The van der Waals surface area contributed by atoms with Crippen molar-refractivity contribution in [3.8, 4) is 34.2 Å². The van der Waals surface area contributed by atoms with Gasteiger partial charge in [-0.1, -0.05) is 40.9 Å². The Morgan fingerprint density at radius 1 is 0.673 bits per heavy atom. The third-order valence-electron chi connectivity index (χ3n) is 10.9. The second-order valence-electron chi connectivity index (χ2n) is 16.1. The van der Waals surface area contributed by atoms with Gasteiger partial charge >= 0.3 is 0 Å². The quantitative estimate of drug-likeness (QED) is 0.108. The molecule has 0 atom stereocenters. The predicted octanol–water partition coefficient (Wildman–Crippen LogP) is 8.28. The molecule has 9 nitrogen and oxygen atoms in total. The van der Waals surface area contributed by atoms with Crippen molar-refractivity contribution in [3.05, 3.63) is 97.9 Å². The van der Waals surface area contributed by atoms with Crippen LogP contribution in [0.5, 0.6) is 0 Å². The Kier molecular flexibility index (Phi) is 13.8. The van der Waals surface area contributed by atoms with Crippen LogP contribution in [0.1, 0.15) is 47.0 Å². The molecule has 0 amide bonds. The lowest BCUT2D eigenvalue weighted by Crippen LogP contribution is -2.45. The van der Waals surface area contributed by atoms with Crippen LogP contribution in [0.3, 0.4) is 0 Å². The van der Waals surface area contributed by atoms with Crippen LogP contribution in [0.4, 0.5) is 17.1 Å². The van der Waals surface area contributed by atoms with E-state index in [1.807, 2.05) is 0 Å². The van der Waals surface area contributed by atoms with Gasteiger partial charge in [0.25, 0.3) is 0 Å². The van der Waals surface area contributed by atoms with Crippen LogP contribution in [0.2, 0.25) is 0 Å². The molecule has 292 valence electrons. The average Bonchev–Trinajstić information content (AvgIpc) is 3.20. The summed E-state index contributed by atoms with van der Waals surface area (Å²) >= 11 is 0. The molecule has 2 saturated heterocycles. The number of nitrogens with zero attached hydrogens (tertiary/aromatic N) is 8. The lowest BCUT2D eigenvalue weighted by atomic mass is 10.1. The van der Waals surface area contributed by atoms with Gasteiger partial charge in [0, 0.05) is 111 Å². The van der Waals surface area contributed by atoms with Gasteiger partial charge < -0.3 is 29.8 Å². The average molecular weight is 742 g/mol. The molecule has 0 aliphatic carbocycles. The van der Waals surface area contributed by atoms with Crippen LogP contribution in [-0.2, 0) is 0 Å². The Bertz CT molecular complexity index is 1800. The SMILES string of the molecule is C=CNCCN(CCCC(C)C)c1ccc(-c2nc(-c3ccc(N4CCN(C)CC4)cc3)nc(-c3ccc(N4CCN(C(=C)CC(C)C)CC4)cc3)n2)cc1. The van der Waals surface area contributed by atoms with E-state index in [4.69, 9.17) is 15.0 Å². The minimum atomic E-state index is 0.625. The molecule has 0 unspecified atom stereocenters. The highest BCUT2D eigenvalue weighted by Crippen LogP contribution is 2.30. The number of allylic oxidation sites excluding steroid dienone is 1. The molecule has 2 aliphatic heterocycles. The molecule has 0 saturated carbocycles. The summed E-state index contributed by atoms with van der Waals surface area (Å²) in [5.41, 5.74) is 7.87. The number of nitrogens with one attached hydrogen (secondary N) is 1. The highest BCUT2D eigenvalue weighted by atomic mass is 15.3. The molecule has 4 aromatic rings. The molecule has 1 N–H and O–H groups in total. The van der Waals surface area contributed by atoms with Crippen LogP contribution in [-0.4, -0.2) is 104 Å². The Hall–Kier alpha value is -4.89. The van der Waals surface area contributed by atoms with Gasteiger partial charge in [0.15, 0.2) is 17.5 Å². The number of hydrogen-bond acceptors (Lipinski definition) is 9. The van der Waals surface area contributed by atoms with Gasteiger partial charge in [0.2, 0.25) is 0 Å². The molecule has 0 bridgehead atoms. The van der Waals surface area contributed by atoms with Crippen molar-refractivity contribution in [1.29, 1.82) is 0 Å². The fraction of sp³-hybridized carbons (Fsp3) is 0.457. The van der Waals surface area contributed by atoms with E-state index < -0.39 is 0 Å². The first-order valence-electron chi connectivity index (χ1n) is 20.4. The minimum Gasteiger partial charge on any atom is -0.390 e. The van der Waals surface area contributed by atoms with E-state index >= 15 is 0 Å². The van der Waals surface area contributed by atoms with E-state index in [2.05, 4.69) is 151 Å². The second-order valence-corrected chi connectivity index (χ2v) is 16.1. The van der Waals surface area contributed by atoms with Gasteiger partial charge in [0.1, 0.15) is 0 Å². The minimum absolute atomic E-state index is 0.625. The topological polar surface area (TPSA) is 66.9 Å². The van der Waals surface area contributed by atoms with Crippen LogP contribution in [0.15, 0.2) is 97.9 Å². The smallest absolute Gasteiger partial charge is 0.164 e. The Labute approximate surface area is 330 Å². The predicted molar refractivity (Wildman–Crippen MR) is 233 cm³/mol. The number of anilines is 3. The summed E-state index contributed by atoms with van der Waals surface area (Å²) in [5, 5.41) is 3.27. The fourth-order valence-corrected chi connectivity index (χ4v) is 7.54. The van der Waals surface area contributed by atoms with E-state index in [0.717, 1.165) is 102 Å². The molecule has 9 heteroatoms.